The highest BCUT2D eigenvalue weighted by Gasteiger charge is 2.23. The minimum atomic E-state index is 0.171. The van der Waals surface area contributed by atoms with E-state index < -0.39 is 0 Å². The second-order valence-electron chi connectivity index (χ2n) is 7.40. The quantitative estimate of drug-likeness (QED) is 0.833. The Hall–Kier alpha value is -1.81. The zero-order valence-electron chi connectivity index (χ0n) is 15.8. The van der Waals surface area contributed by atoms with Gasteiger partial charge < -0.3 is 9.88 Å². The van der Waals surface area contributed by atoms with Crippen LogP contribution >= 0.6 is 0 Å². The number of likely N-dealkylation sites (tertiary alicyclic amines) is 1. The third-order valence-electron chi connectivity index (χ3n) is 5.44. The number of hydrogen-bond donors (Lipinski definition) is 1. The van der Waals surface area contributed by atoms with Crippen molar-refractivity contribution in [1.82, 2.24) is 14.8 Å². The van der Waals surface area contributed by atoms with Crippen molar-refractivity contribution in [3.63, 3.8) is 0 Å². The van der Waals surface area contributed by atoms with Gasteiger partial charge in [0, 0.05) is 42.1 Å². The van der Waals surface area contributed by atoms with Gasteiger partial charge in [-0.2, -0.15) is 0 Å². The fourth-order valence-corrected chi connectivity index (χ4v) is 4.01. The monoisotopic (exact) mass is 341 g/mol. The van der Waals surface area contributed by atoms with Gasteiger partial charge in [0.25, 0.3) is 0 Å². The van der Waals surface area contributed by atoms with Crippen LogP contribution in [-0.4, -0.2) is 41.1 Å². The summed E-state index contributed by atoms with van der Waals surface area (Å²) in [6.07, 6.45) is 6.04. The van der Waals surface area contributed by atoms with Gasteiger partial charge in [-0.15, -0.1) is 0 Å². The van der Waals surface area contributed by atoms with E-state index in [1.165, 1.54) is 35.9 Å². The molecular weight excluding hydrogens is 310 g/mol. The summed E-state index contributed by atoms with van der Waals surface area (Å²) in [5.74, 6) is 0.171. The van der Waals surface area contributed by atoms with E-state index in [1.807, 2.05) is 0 Å². The van der Waals surface area contributed by atoms with Gasteiger partial charge in [0.1, 0.15) is 0 Å². The molecule has 0 unspecified atom stereocenters. The van der Waals surface area contributed by atoms with Gasteiger partial charge in [0.05, 0.1) is 0 Å². The largest absolute Gasteiger partial charge is 0.355 e. The van der Waals surface area contributed by atoms with Crippen molar-refractivity contribution < 1.29 is 4.79 Å². The van der Waals surface area contributed by atoms with Crippen LogP contribution in [0, 0.1) is 0 Å². The Morgan fingerprint density at radius 3 is 2.88 bits per heavy atom. The summed E-state index contributed by atoms with van der Waals surface area (Å²) >= 11 is 0. The SMILES string of the molecule is CCN1CCC[C@@H]1CNC(=O)CCc1cn(C(C)C)c2ccccc12. The molecule has 1 aromatic heterocycles. The molecule has 0 bridgehead atoms. The first kappa shape index (κ1) is 18.0. The van der Waals surface area contributed by atoms with E-state index in [0.29, 0.717) is 18.5 Å². The van der Waals surface area contributed by atoms with Crippen molar-refractivity contribution in [3.05, 3.63) is 36.0 Å². The minimum Gasteiger partial charge on any atom is -0.355 e. The minimum absolute atomic E-state index is 0.171. The molecule has 0 radical (unpaired) electrons. The predicted molar refractivity (Wildman–Crippen MR) is 104 cm³/mol. The molecule has 4 nitrogen and oxygen atoms in total. The van der Waals surface area contributed by atoms with Gasteiger partial charge in [-0.25, -0.2) is 0 Å². The zero-order chi connectivity index (χ0) is 17.8. The van der Waals surface area contributed by atoms with Crippen molar-refractivity contribution in [1.29, 1.82) is 0 Å². The van der Waals surface area contributed by atoms with Gasteiger partial charge >= 0.3 is 0 Å². The second kappa shape index (κ2) is 8.05. The number of aryl methyl sites for hydroxylation is 1. The number of nitrogens with one attached hydrogen (secondary N) is 1. The van der Waals surface area contributed by atoms with Crippen molar-refractivity contribution in [2.24, 2.45) is 0 Å². The molecule has 1 aromatic carbocycles. The van der Waals surface area contributed by atoms with E-state index in [-0.39, 0.29) is 5.91 Å². The first-order valence-corrected chi connectivity index (χ1v) is 9.69. The van der Waals surface area contributed by atoms with Gasteiger partial charge in [-0.05, 0) is 57.8 Å². The molecule has 1 aliphatic heterocycles. The highest BCUT2D eigenvalue weighted by molar-refractivity contribution is 5.85. The summed E-state index contributed by atoms with van der Waals surface area (Å²) in [6.45, 7) is 9.64. The summed E-state index contributed by atoms with van der Waals surface area (Å²) in [4.78, 5) is 14.8. The number of aromatic nitrogens is 1. The number of amides is 1. The molecule has 2 heterocycles. The molecule has 3 rings (SSSR count). The fourth-order valence-electron chi connectivity index (χ4n) is 4.01. The number of fused-ring (bicyclic) bond motifs is 1. The Labute approximate surface area is 151 Å². The van der Waals surface area contributed by atoms with Crippen LogP contribution in [-0.2, 0) is 11.2 Å². The van der Waals surface area contributed by atoms with E-state index in [9.17, 15) is 4.79 Å². The highest BCUT2D eigenvalue weighted by atomic mass is 16.1. The smallest absolute Gasteiger partial charge is 0.220 e. The standard InChI is InChI=1S/C21H31N3O/c1-4-23-13-7-8-18(23)14-22-21(25)12-11-17-15-24(16(2)3)20-10-6-5-9-19(17)20/h5-6,9-10,15-16,18H,4,7-8,11-14H2,1-3H3,(H,22,25)/t18-/m1/s1. The van der Waals surface area contributed by atoms with Crippen LogP contribution in [0.15, 0.2) is 30.5 Å². The molecule has 2 aromatic rings. The maximum Gasteiger partial charge on any atom is 0.220 e. The van der Waals surface area contributed by atoms with E-state index in [4.69, 9.17) is 0 Å². The maximum atomic E-state index is 12.3. The number of hydrogen-bond acceptors (Lipinski definition) is 2. The van der Waals surface area contributed by atoms with Crippen LogP contribution in [0.1, 0.15) is 51.6 Å². The molecule has 1 saturated heterocycles. The predicted octanol–water partition coefficient (Wildman–Crippen LogP) is 3.76. The van der Waals surface area contributed by atoms with Crippen molar-refractivity contribution in [2.45, 2.75) is 58.5 Å². The van der Waals surface area contributed by atoms with Crippen LogP contribution in [0.4, 0.5) is 0 Å². The molecule has 136 valence electrons. The van der Waals surface area contributed by atoms with Crippen LogP contribution in [0.3, 0.4) is 0 Å². The number of likely N-dealkylation sites (N-methyl/N-ethyl adjacent to an activating group) is 1. The topological polar surface area (TPSA) is 37.3 Å². The van der Waals surface area contributed by atoms with E-state index in [2.05, 4.69) is 66.0 Å². The number of carbonyl (C=O) groups excluding carboxylic acids is 1. The average Bonchev–Trinajstić information content (AvgIpc) is 3.22. The molecule has 25 heavy (non-hydrogen) atoms. The first-order valence-electron chi connectivity index (χ1n) is 9.69. The van der Waals surface area contributed by atoms with Crippen molar-refractivity contribution in [3.8, 4) is 0 Å². The molecule has 0 aliphatic carbocycles. The van der Waals surface area contributed by atoms with Crippen LogP contribution in [0.5, 0.6) is 0 Å². The van der Waals surface area contributed by atoms with E-state index in [1.54, 1.807) is 0 Å². The number of nitrogens with zero attached hydrogens (tertiary/aromatic N) is 2. The zero-order valence-corrected chi connectivity index (χ0v) is 15.8. The average molecular weight is 341 g/mol. The lowest BCUT2D eigenvalue weighted by atomic mass is 10.1. The van der Waals surface area contributed by atoms with E-state index in [0.717, 1.165) is 19.5 Å². The Kier molecular flexibility index (Phi) is 5.79. The lowest BCUT2D eigenvalue weighted by Gasteiger charge is -2.22. The van der Waals surface area contributed by atoms with Crippen LogP contribution in [0.25, 0.3) is 10.9 Å². The lowest BCUT2D eigenvalue weighted by molar-refractivity contribution is -0.121. The summed E-state index contributed by atoms with van der Waals surface area (Å²) in [5, 5.41) is 4.42. The van der Waals surface area contributed by atoms with Gasteiger partial charge in [-0.1, -0.05) is 25.1 Å². The molecule has 4 heteroatoms. The molecular formula is C21H31N3O. The third-order valence-corrected chi connectivity index (χ3v) is 5.44. The number of rotatable bonds is 7. The Morgan fingerprint density at radius 1 is 1.32 bits per heavy atom. The van der Waals surface area contributed by atoms with E-state index >= 15 is 0 Å². The fraction of sp³-hybridized carbons (Fsp3) is 0.571. The van der Waals surface area contributed by atoms with Crippen molar-refractivity contribution >= 4 is 16.8 Å². The second-order valence-corrected chi connectivity index (χ2v) is 7.40. The van der Waals surface area contributed by atoms with Crippen LogP contribution < -0.4 is 5.32 Å². The third kappa shape index (κ3) is 4.06. The number of benzene rings is 1. The van der Waals surface area contributed by atoms with Crippen molar-refractivity contribution in [2.75, 3.05) is 19.6 Å². The lowest BCUT2D eigenvalue weighted by Crippen LogP contribution is -2.40. The first-order chi connectivity index (χ1) is 12.1. The summed E-state index contributed by atoms with van der Waals surface area (Å²) in [6, 6.07) is 9.44. The molecule has 1 atom stereocenters. The molecule has 1 aliphatic rings. The summed E-state index contributed by atoms with van der Waals surface area (Å²) in [5.41, 5.74) is 2.54. The Bertz CT molecular complexity index is 719. The molecule has 0 saturated carbocycles. The number of carbonyl (C=O) groups is 1. The normalized spacial score (nSPS) is 18.3. The summed E-state index contributed by atoms with van der Waals surface area (Å²) < 4.78 is 2.31. The summed E-state index contributed by atoms with van der Waals surface area (Å²) in [7, 11) is 0. The molecule has 0 spiro atoms. The van der Waals surface area contributed by atoms with Gasteiger partial charge in [0.15, 0.2) is 0 Å². The van der Waals surface area contributed by atoms with Crippen LogP contribution in [0.2, 0.25) is 0 Å². The maximum absolute atomic E-state index is 12.3. The number of para-hydroxylation sites is 1. The Morgan fingerprint density at radius 2 is 2.12 bits per heavy atom. The van der Waals surface area contributed by atoms with Gasteiger partial charge in [-0.3, -0.25) is 9.69 Å². The molecule has 1 amide bonds. The Balaban J connectivity index is 1.58. The highest BCUT2D eigenvalue weighted by Crippen LogP contribution is 2.25. The van der Waals surface area contributed by atoms with Gasteiger partial charge in [0.2, 0.25) is 5.91 Å². The molecule has 1 N–H and O–H groups in total. The molecule has 1 fully saturated rings.